The highest BCUT2D eigenvalue weighted by atomic mass is 32.3. The van der Waals surface area contributed by atoms with E-state index in [0.717, 1.165) is 21.6 Å². The van der Waals surface area contributed by atoms with Crippen LogP contribution in [0.3, 0.4) is 0 Å². The van der Waals surface area contributed by atoms with Gasteiger partial charge in [-0.05, 0) is 49.9 Å². The molecule has 0 radical (unpaired) electrons. The Morgan fingerprint density at radius 3 is 0.898 bits per heavy atom. The molecule has 0 aromatic heterocycles. The summed E-state index contributed by atoms with van der Waals surface area (Å²) in [4.78, 5) is 0. The molecule has 0 amide bonds. The van der Waals surface area contributed by atoms with Crippen molar-refractivity contribution in [3.63, 3.8) is 0 Å². The lowest BCUT2D eigenvalue weighted by molar-refractivity contribution is 0.352. The number of benzene rings is 2. The van der Waals surface area contributed by atoms with Gasteiger partial charge in [0.2, 0.25) is 0 Å². The molecule has 2 aromatic rings. The van der Waals surface area contributed by atoms with Crippen molar-refractivity contribution in [3.05, 3.63) is 60.7 Å². The number of nitrogens with two attached hydrogens (primary N) is 2. The minimum atomic E-state index is -5.17. The first kappa shape index (κ1) is 59.7. The topological polar surface area (TPSA) is 229 Å². The maximum Gasteiger partial charge on any atom is 0.156 e. The molecule has 0 aliphatic carbocycles. The molecule has 2 aromatic carbocycles. The molecule has 14 nitrogen and oxygen atoms in total. The maximum absolute atomic E-state index is 8.52. The molecule has 6 N–H and O–H groups in total. The molecule has 0 heterocycles. The van der Waals surface area contributed by atoms with Gasteiger partial charge in [-0.1, -0.05) is 166 Å². The van der Waals surface area contributed by atoms with Crippen LogP contribution in [0.5, 0.6) is 0 Å². The first-order valence-electron chi connectivity index (χ1n) is 21.8. The van der Waals surface area contributed by atoms with Crippen LogP contribution in [0.15, 0.2) is 81.1 Å². The van der Waals surface area contributed by atoms with Crippen molar-refractivity contribution in [1.29, 1.82) is 11.1 Å². The second-order valence-electron chi connectivity index (χ2n) is 15.8. The van der Waals surface area contributed by atoms with Gasteiger partial charge in [0, 0.05) is 10.4 Å². The Bertz CT molecular complexity index is 1270. The zero-order valence-electron chi connectivity index (χ0n) is 37.8. The molecular weight excluding hydrogens is 765 g/mol. The summed E-state index contributed by atoms with van der Waals surface area (Å²) in [6.45, 7) is 7.08. The molecule has 0 saturated heterocycles. The van der Waals surface area contributed by atoms with E-state index in [2.05, 4.69) is 135 Å². The Morgan fingerprint density at radius 1 is 0.492 bits per heavy atom. The van der Waals surface area contributed by atoms with Gasteiger partial charge in [0.05, 0.1) is 41.3 Å². The van der Waals surface area contributed by atoms with Gasteiger partial charge < -0.3 is 20.8 Å². The molecule has 0 saturated carbocycles. The molecule has 0 unspecified atom stereocenters. The fraction of sp³-hybridized carbons (Fsp3) is 0.682. The highest BCUT2D eigenvalue weighted by molar-refractivity contribution is 7.79. The monoisotopic (exact) mass is 849 g/mol. The van der Waals surface area contributed by atoms with Crippen molar-refractivity contribution < 1.29 is 17.5 Å². The lowest BCUT2D eigenvalue weighted by Gasteiger charge is -2.29. The third kappa shape index (κ3) is 46.9. The summed E-state index contributed by atoms with van der Waals surface area (Å²) < 4.78 is 36.1. The van der Waals surface area contributed by atoms with Crippen molar-refractivity contribution in [2.45, 2.75) is 155 Å². The Morgan fingerprint density at radius 2 is 0.712 bits per heavy atom. The number of hydrogen-bond donors (Lipinski definition) is 4. The zero-order valence-corrected chi connectivity index (χ0v) is 38.6. The van der Waals surface area contributed by atoms with Crippen LogP contribution in [-0.2, 0) is 10.4 Å². The molecule has 0 fully saturated rings. The highest BCUT2D eigenvalue weighted by Crippen LogP contribution is 2.21. The van der Waals surface area contributed by atoms with Gasteiger partial charge in [0.1, 0.15) is 11.4 Å². The number of nitrogens with zero attached hydrogens (tertiary/aromatic N) is 6. The van der Waals surface area contributed by atoms with Gasteiger partial charge in [0.15, 0.2) is 12.7 Å². The summed E-state index contributed by atoms with van der Waals surface area (Å²) in [6, 6.07) is 21.8. The average molecular weight is 849 g/mol. The molecular formula is C44H84N10O4S. The van der Waals surface area contributed by atoms with E-state index in [0.29, 0.717) is 0 Å². The van der Waals surface area contributed by atoms with Crippen LogP contribution in [0.1, 0.15) is 155 Å². The van der Waals surface area contributed by atoms with E-state index < -0.39 is 10.4 Å². The lowest BCUT2D eigenvalue weighted by atomic mass is 10.1. The predicted octanol–water partition coefficient (Wildman–Crippen LogP) is 11.6. The molecule has 0 bridgehead atoms. The van der Waals surface area contributed by atoms with Gasteiger partial charge in [0.25, 0.3) is 0 Å². The van der Waals surface area contributed by atoms with Crippen molar-refractivity contribution in [1.82, 2.24) is 8.97 Å². The summed E-state index contributed by atoms with van der Waals surface area (Å²) in [6.07, 6.45) is 33.2. The van der Waals surface area contributed by atoms with Crippen LogP contribution in [0, 0.1) is 11.1 Å². The van der Waals surface area contributed by atoms with E-state index in [1.165, 1.54) is 166 Å². The molecule has 340 valence electrons. The van der Waals surface area contributed by atoms with E-state index in [9.17, 15) is 0 Å². The van der Waals surface area contributed by atoms with E-state index in [-0.39, 0.29) is 0 Å². The number of unbranched alkanes of at least 4 members (excludes halogenated alkanes) is 20. The van der Waals surface area contributed by atoms with Crippen LogP contribution in [0.2, 0.25) is 0 Å². The van der Waals surface area contributed by atoms with Crippen LogP contribution >= 0.6 is 0 Å². The van der Waals surface area contributed by atoms with Gasteiger partial charge in [-0.3, -0.25) is 17.4 Å². The molecule has 0 aliphatic rings. The SMILES string of the molecule is CCCCCCCCCCCCC[N+](C)(C)c1ccccc1.CCCCCCCCCCCCC[N+](C)(C)c1ccccc1.N=NC=NN.N=NC=NN.O=S(=O)([O-])[O-]. The van der Waals surface area contributed by atoms with Crippen LogP contribution in [0.4, 0.5) is 11.4 Å². The quantitative estimate of drug-likeness (QED) is 0.00748. The number of rotatable bonds is 28. The molecule has 15 heteroatoms. The molecule has 0 aliphatic heterocycles. The normalized spacial score (nSPS) is 11.3. The Balaban J connectivity index is -0.000000790. The Hall–Kier alpha value is -3.63. The van der Waals surface area contributed by atoms with Crippen molar-refractivity contribution in [2.75, 3.05) is 41.3 Å². The molecule has 2 rings (SSSR count). The van der Waals surface area contributed by atoms with Crippen LogP contribution in [-0.4, -0.2) is 71.5 Å². The fourth-order valence-corrected chi connectivity index (χ4v) is 6.33. The predicted molar refractivity (Wildman–Crippen MR) is 249 cm³/mol. The van der Waals surface area contributed by atoms with Crippen LogP contribution in [0.25, 0.3) is 0 Å². The third-order valence-corrected chi connectivity index (χ3v) is 9.80. The summed E-state index contributed by atoms with van der Waals surface area (Å²) in [5.74, 6) is 8.99. The Kier molecular flexibility index (Phi) is 43.0. The van der Waals surface area contributed by atoms with Crippen molar-refractivity contribution in [2.24, 2.45) is 32.1 Å². The Labute approximate surface area is 360 Å². The summed E-state index contributed by atoms with van der Waals surface area (Å²) >= 11 is 0. The second kappa shape index (κ2) is 42.5. The van der Waals surface area contributed by atoms with Gasteiger partial charge >= 0.3 is 0 Å². The highest BCUT2D eigenvalue weighted by Gasteiger charge is 2.18. The number of quaternary nitrogens is 2. The summed E-state index contributed by atoms with van der Waals surface area (Å²) in [5.41, 5.74) is 14.8. The number of hydrazone groups is 2. The fourth-order valence-electron chi connectivity index (χ4n) is 6.33. The van der Waals surface area contributed by atoms with Gasteiger partial charge in [-0.2, -0.15) is 10.2 Å². The van der Waals surface area contributed by atoms with E-state index in [4.69, 9.17) is 28.6 Å². The average Bonchev–Trinajstić information content (AvgIpc) is 3.20. The standard InChI is InChI=1S/2C21H38N.2CH4N4.H2O4S/c2*1-4-5-6-7-8-9-10-11-12-13-17-20-22(2,3)21-18-15-14-16-19-21;2*2-4-1-5-3;1-5(2,3)4/h2*14-16,18-19H,4-13,17,20H2,1-3H3;2*1-2H,3H2;(H2,1,2,3,4)/q2*+1;;;/p-2. The smallest absolute Gasteiger partial charge is 0.156 e. The summed E-state index contributed by atoms with van der Waals surface area (Å²) in [5, 5.41) is 11.1. The first-order chi connectivity index (χ1) is 28.2. The van der Waals surface area contributed by atoms with E-state index in [1.54, 1.807) is 0 Å². The van der Waals surface area contributed by atoms with Crippen LogP contribution < -0.4 is 20.7 Å². The molecule has 59 heavy (non-hydrogen) atoms. The first-order valence-corrected chi connectivity index (χ1v) is 23.1. The number of hydrogen-bond acceptors (Lipinski definition) is 10. The van der Waals surface area contributed by atoms with Gasteiger partial charge in [-0.25, -0.2) is 11.1 Å². The second-order valence-corrected chi connectivity index (χ2v) is 16.6. The van der Waals surface area contributed by atoms with Gasteiger partial charge in [-0.15, -0.1) is 10.2 Å². The molecule has 0 spiro atoms. The zero-order chi connectivity index (χ0) is 44.9. The van der Waals surface area contributed by atoms with E-state index in [1.807, 2.05) is 0 Å². The summed E-state index contributed by atoms with van der Waals surface area (Å²) in [7, 11) is 4.13. The molecule has 0 atom stereocenters. The lowest BCUT2D eigenvalue weighted by Crippen LogP contribution is -2.41. The van der Waals surface area contributed by atoms with E-state index >= 15 is 0 Å². The third-order valence-electron chi connectivity index (χ3n) is 9.80. The minimum absolute atomic E-state index is 0.944. The largest absolute Gasteiger partial charge is 0.759 e. The van der Waals surface area contributed by atoms with Crippen molar-refractivity contribution >= 4 is 34.5 Å². The minimum Gasteiger partial charge on any atom is -0.759 e. The maximum atomic E-state index is 8.52. The van der Waals surface area contributed by atoms with Crippen molar-refractivity contribution in [3.8, 4) is 0 Å². The number of para-hydroxylation sites is 2. The number of nitrogens with one attached hydrogen (secondary N) is 2.